The van der Waals surface area contributed by atoms with Crippen molar-refractivity contribution in [1.82, 2.24) is 0 Å². The van der Waals surface area contributed by atoms with Gasteiger partial charge in [-0.3, -0.25) is 4.79 Å². The van der Waals surface area contributed by atoms with E-state index in [2.05, 4.69) is 40.7 Å². The maximum atomic E-state index is 12.3. The number of ether oxygens (including phenoxy) is 1. The van der Waals surface area contributed by atoms with Crippen molar-refractivity contribution in [3.63, 3.8) is 0 Å². The first-order chi connectivity index (χ1) is 13.6. The zero-order valence-electron chi connectivity index (χ0n) is 19.2. The third-order valence-electron chi connectivity index (χ3n) is 9.61. The number of carbonyl (C=O) groups is 1. The highest BCUT2D eigenvalue weighted by Gasteiger charge is 2.59. The van der Waals surface area contributed by atoms with Crippen molar-refractivity contribution in [2.45, 2.75) is 105 Å². The topological polar surface area (TPSA) is 46.5 Å². The van der Waals surface area contributed by atoms with Crippen LogP contribution in [0.25, 0.3) is 0 Å². The van der Waals surface area contributed by atoms with Crippen molar-refractivity contribution < 1.29 is 14.6 Å². The molecular formula is C26H42O3. The molecule has 3 heteroatoms. The molecule has 3 saturated carbocycles. The lowest BCUT2D eigenvalue weighted by atomic mass is 9.47. The molecule has 4 aliphatic rings. The second-order valence-electron chi connectivity index (χ2n) is 11.7. The maximum Gasteiger partial charge on any atom is 0.306 e. The van der Waals surface area contributed by atoms with Crippen LogP contribution in [0.1, 0.15) is 92.4 Å². The molecule has 8 atom stereocenters. The lowest BCUT2D eigenvalue weighted by molar-refractivity contribution is -0.155. The van der Waals surface area contributed by atoms with Gasteiger partial charge in [0.05, 0.1) is 6.10 Å². The fourth-order valence-electron chi connectivity index (χ4n) is 8.12. The predicted molar refractivity (Wildman–Crippen MR) is 116 cm³/mol. The summed E-state index contributed by atoms with van der Waals surface area (Å²) in [5, 5.41) is 10.2. The van der Waals surface area contributed by atoms with Gasteiger partial charge in [0.15, 0.2) is 0 Å². The number of fused-ring (bicyclic) bond motifs is 5. The number of carbonyl (C=O) groups excluding carboxylic acids is 1. The third kappa shape index (κ3) is 3.60. The zero-order chi connectivity index (χ0) is 21.0. The minimum atomic E-state index is -0.128. The summed E-state index contributed by atoms with van der Waals surface area (Å²) in [6, 6.07) is 0. The molecule has 0 bridgehead atoms. The van der Waals surface area contributed by atoms with Crippen LogP contribution in [0.15, 0.2) is 11.6 Å². The molecule has 3 fully saturated rings. The first kappa shape index (κ1) is 21.4. The number of hydrogen-bond acceptors (Lipinski definition) is 3. The second kappa shape index (κ2) is 7.70. The Morgan fingerprint density at radius 1 is 1.14 bits per heavy atom. The van der Waals surface area contributed by atoms with Crippen molar-refractivity contribution in [3.05, 3.63) is 11.6 Å². The Bertz CT molecular complexity index is 667. The fraction of sp³-hybridized carbons (Fsp3) is 0.885. The van der Waals surface area contributed by atoms with Crippen LogP contribution < -0.4 is 0 Å². The number of esters is 1. The van der Waals surface area contributed by atoms with Crippen LogP contribution in [0.2, 0.25) is 0 Å². The number of aliphatic hydroxyl groups is 1. The first-order valence-electron chi connectivity index (χ1n) is 12.2. The fourth-order valence-corrected chi connectivity index (χ4v) is 8.12. The van der Waals surface area contributed by atoms with E-state index in [1.54, 1.807) is 5.57 Å². The van der Waals surface area contributed by atoms with Gasteiger partial charge in [0.2, 0.25) is 0 Å². The van der Waals surface area contributed by atoms with Crippen molar-refractivity contribution in [2.75, 3.05) is 0 Å². The molecule has 0 amide bonds. The molecule has 0 heterocycles. The summed E-state index contributed by atoms with van der Waals surface area (Å²) in [5.41, 5.74) is 2.15. The van der Waals surface area contributed by atoms with Crippen LogP contribution in [0.5, 0.6) is 0 Å². The van der Waals surface area contributed by atoms with E-state index in [-0.39, 0.29) is 18.2 Å². The average molecular weight is 403 g/mol. The molecule has 0 radical (unpaired) electrons. The Morgan fingerprint density at radius 3 is 2.62 bits per heavy atom. The summed E-state index contributed by atoms with van der Waals surface area (Å²) in [6.07, 6.45) is 12.2. The average Bonchev–Trinajstić information content (AvgIpc) is 2.99. The minimum Gasteiger partial charge on any atom is -0.462 e. The summed E-state index contributed by atoms with van der Waals surface area (Å²) in [7, 11) is 0. The van der Waals surface area contributed by atoms with E-state index in [1.165, 1.54) is 32.1 Å². The van der Waals surface area contributed by atoms with Gasteiger partial charge in [-0.05, 0) is 92.8 Å². The Labute approximate surface area is 177 Å². The summed E-state index contributed by atoms with van der Waals surface area (Å²) in [6.45, 7) is 11.3. The summed E-state index contributed by atoms with van der Waals surface area (Å²) in [4.78, 5) is 12.3. The van der Waals surface area contributed by atoms with Crippen molar-refractivity contribution >= 4 is 5.97 Å². The van der Waals surface area contributed by atoms with Crippen LogP contribution in [0.4, 0.5) is 0 Å². The van der Waals surface area contributed by atoms with E-state index in [0.29, 0.717) is 29.1 Å². The SMILES string of the molecule is CC(C)CC(=O)OC(C)C1CCC2C3CC=C4CC(O)CCC4(C)C3CCC12C. The quantitative estimate of drug-likeness (QED) is 0.470. The lowest BCUT2D eigenvalue weighted by Gasteiger charge is -2.58. The Balaban J connectivity index is 1.51. The predicted octanol–water partition coefficient (Wildman–Crippen LogP) is 5.90. The van der Waals surface area contributed by atoms with Crippen molar-refractivity contribution in [3.8, 4) is 0 Å². The van der Waals surface area contributed by atoms with Gasteiger partial charge < -0.3 is 9.84 Å². The van der Waals surface area contributed by atoms with Crippen LogP contribution in [-0.2, 0) is 9.53 Å². The van der Waals surface area contributed by atoms with Gasteiger partial charge in [-0.25, -0.2) is 0 Å². The number of aliphatic hydroxyl groups excluding tert-OH is 1. The Hall–Kier alpha value is -0.830. The van der Waals surface area contributed by atoms with Gasteiger partial charge >= 0.3 is 5.97 Å². The normalized spacial score (nSPS) is 45.1. The number of hydrogen-bond donors (Lipinski definition) is 1. The van der Waals surface area contributed by atoms with Crippen LogP contribution in [0.3, 0.4) is 0 Å². The summed E-state index contributed by atoms with van der Waals surface area (Å²) >= 11 is 0. The number of allylic oxidation sites excluding steroid dienone is 1. The summed E-state index contributed by atoms with van der Waals surface area (Å²) in [5.74, 6) is 3.11. The van der Waals surface area contributed by atoms with Crippen LogP contribution in [0, 0.1) is 40.4 Å². The molecule has 1 N–H and O–H groups in total. The second-order valence-corrected chi connectivity index (χ2v) is 11.7. The molecule has 4 rings (SSSR count). The molecular weight excluding hydrogens is 360 g/mol. The molecule has 8 unspecified atom stereocenters. The monoisotopic (exact) mass is 402 g/mol. The van der Waals surface area contributed by atoms with E-state index >= 15 is 0 Å². The molecule has 0 aromatic rings. The molecule has 3 nitrogen and oxygen atoms in total. The van der Waals surface area contributed by atoms with Gasteiger partial charge in [0.1, 0.15) is 6.10 Å². The zero-order valence-corrected chi connectivity index (χ0v) is 19.2. The highest BCUT2D eigenvalue weighted by Crippen LogP contribution is 2.66. The molecule has 164 valence electrons. The standard InChI is InChI=1S/C26H42O3/c1-16(2)14-24(28)29-17(3)21-8-9-22-20-7-6-18-15-19(27)10-12-25(18,4)23(20)11-13-26(21,22)5/h6,16-17,19-23,27H,7-15H2,1-5H3. The van der Waals surface area contributed by atoms with E-state index in [0.717, 1.165) is 37.0 Å². The highest BCUT2D eigenvalue weighted by atomic mass is 16.5. The van der Waals surface area contributed by atoms with Gasteiger partial charge in [-0.2, -0.15) is 0 Å². The molecule has 4 aliphatic carbocycles. The maximum absolute atomic E-state index is 12.3. The van der Waals surface area contributed by atoms with E-state index in [1.807, 2.05) is 0 Å². The van der Waals surface area contributed by atoms with Gasteiger partial charge in [-0.1, -0.05) is 39.3 Å². The summed E-state index contributed by atoms with van der Waals surface area (Å²) < 4.78 is 5.93. The van der Waals surface area contributed by atoms with Crippen LogP contribution in [-0.4, -0.2) is 23.3 Å². The van der Waals surface area contributed by atoms with Crippen LogP contribution >= 0.6 is 0 Å². The van der Waals surface area contributed by atoms with Gasteiger partial charge in [-0.15, -0.1) is 0 Å². The third-order valence-corrected chi connectivity index (χ3v) is 9.61. The molecule has 0 aromatic heterocycles. The smallest absolute Gasteiger partial charge is 0.306 e. The lowest BCUT2D eigenvalue weighted by Crippen LogP contribution is -2.51. The van der Waals surface area contributed by atoms with Gasteiger partial charge in [0, 0.05) is 12.3 Å². The van der Waals surface area contributed by atoms with E-state index in [4.69, 9.17) is 4.74 Å². The molecule has 0 saturated heterocycles. The number of rotatable bonds is 4. The largest absolute Gasteiger partial charge is 0.462 e. The van der Waals surface area contributed by atoms with Gasteiger partial charge in [0.25, 0.3) is 0 Å². The highest BCUT2D eigenvalue weighted by molar-refractivity contribution is 5.69. The Morgan fingerprint density at radius 2 is 1.90 bits per heavy atom. The Kier molecular flexibility index (Phi) is 5.68. The first-order valence-corrected chi connectivity index (χ1v) is 12.2. The molecule has 0 aliphatic heterocycles. The molecule has 29 heavy (non-hydrogen) atoms. The minimum absolute atomic E-state index is 0.0215. The van der Waals surface area contributed by atoms with Crippen molar-refractivity contribution in [1.29, 1.82) is 0 Å². The van der Waals surface area contributed by atoms with E-state index < -0.39 is 0 Å². The molecule has 0 spiro atoms. The molecule has 0 aromatic carbocycles. The van der Waals surface area contributed by atoms with E-state index in [9.17, 15) is 9.90 Å². The van der Waals surface area contributed by atoms with Crippen molar-refractivity contribution in [2.24, 2.45) is 40.4 Å².